The van der Waals surface area contributed by atoms with Crippen LogP contribution in [0.1, 0.15) is 33.6 Å². The molecule has 1 aliphatic rings. The first-order valence-corrected chi connectivity index (χ1v) is 4.02. The van der Waals surface area contributed by atoms with E-state index >= 15 is 0 Å². The van der Waals surface area contributed by atoms with Crippen LogP contribution in [-0.2, 0) is 0 Å². The fraction of sp³-hybridized carbons (Fsp3) is 1.00. The van der Waals surface area contributed by atoms with Gasteiger partial charge in [0.15, 0.2) is 0 Å². The summed E-state index contributed by atoms with van der Waals surface area (Å²) in [6.45, 7) is 6.54. The van der Waals surface area contributed by atoms with Gasteiger partial charge in [-0.1, -0.05) is 0 Å². The molecule has 1 fully saturated rings. The molecular formula is C8H18N2. The molecule has 0 aromatic heterocycles. The second-order valence-corrected chi connectivity index (χ2v) is 4.24. The summed E-state index contributed by atoms with van der Waals surface area (Å²) in [5.41, 5.74) is 5.99. The molecule has 0 radical (unpaired) electrons. The maximum absolute atomic E-state index is 5.77. The third-order valence-electron chi connectivity index (χ3n) is 1.95. The molecule has 0 saturated heterocycles. The molecule has 1 aliphatic carbocycles. The van der Waals surface area contributed by atoms with Crippen molar-refractivity contribution in [3.8, 4) is 0 Å². The quantitative estimate of drug-likeness (QED) is 0.570. The lowest BCUT2D eigenvalue weighted by molar-refractivity contribution is 0.230. The third kappa shape index (κ3) is 1.96. The summed E-state index contributed by atoms with van der Waals surface area (Å²) in [5, 5.41) is 3.48. The summed E-state index contributed by atoms with van der Waals surface area (Å²) in [5.74, 6) is 0. The highest BCUT2D eigenvalue weighted by molar-refractivity contribution is 4.93. The lowest BCUT2D eigenvalue weighted by Gasteiger charge is -2.39. The Bertz CT molecular complexity index is 115. The number of nitrogens with one attached hydrogen (secondary N) is 1. The molecule has 2 nitrogen and oxygen atoms in total. The predicted molar refractivity (Wildman–Crippen MR) is 43.9 cm³/mol. The van der Waals surface area contributed by atoms with Crippen molar-refractivity contribution < 1.29 is 0 Å². The molecule has 0 amide bonds. The molecule has 0 aromatic carbocycles. The van der Waals surface area contributed by atoms with Crippen LogP contribution in [0, 0.1) is 0 Å². The van der Waals surface area contributed by atoms with E-state index in [1.807, 2.05) is 0 Å². The van der Waals surface area contributed by atoms with E-state index in [0.717, 1.165) is 0 Å². The van der Waals surface area contributed by atoms with Crippen LogP contribution >= 0.6 is 0 Å². The summed E-state index contributed by atoms with van der Waals surface area (Å²) in [6, 6.07) is 0.972. The summed E-state index contributed by atoms with van der Waals surface area (Å²) in [6.07, 6.45) is 2.44. The Hall–Kier alpha value is -0.0800. The van der Waals surface area contributed by atoms with Crippen LogP contribution in [0.25, 0.3) is 0 Å². The van der Waals surface area contributed by atoms with Gasteiger partial charge in [-0.15, -0.1) is 0 Å². The Morgan fingerprint density at radius 1 is 1.30 bits per heavy atom. The van der Waals surface area contributed by atoms with Crippen LogP contribution < -0.4 is 11.1 Å². The molecule has 0 aromatic rings. The monoisotopic (exact) mass is 142 g/mol. The standard InChI is InChI=1S/C8H18N2/c1-8(2,3)10-7-5-4-6(7)9/h6-7,10H,4-5,9H2,1-3H3/t6-,7?/m0/s1. The van der Waals surface area contributed by atoms with Gasteiger partial charge in [0.1, 0.15) is 0 Å². The predicted octanol–water partition coefficient (Wildman–Crippen LogP) is 0.864. The Morgan fingerprint density at radius 2 is 1.90 bits per heavy atom. The molecule has 1 unspecified atom stereocenters. The van der Waals surface area contributed by atoms with Gasteiger partial charge >= 0.3 is 0 Å². The smallest absolute Gasteiger partial charge is 0.0224 e. The zero-order valence-corrected chi connectivity index (χ0v) is 7.15. The van der Waals surface area contributed by atoms with Crippen molar-refractivity contribution in [3.63, 3.8) is 0 Å². The first kappa shape index (κ1) is 8.02. The summed E-state index contributed by atoms with van der Waals surface area (Å²) in [7, 11) is 0. The molecule has 0 bridgehead atoms. The fourth-order valence-electron chi connectivity index (χ4n) is 1.26. The first-order chi connectivity index (χ1) is 4.49. The highest BCUT2D eigenvalue weighted by Gasteiger charge is 2.29. The number of hydrogen-bond acceptors (Lipinski definition) is 2. The van der Waals surface area contributed by atoms with Gasteiger partial charge in [0.05, 0.1) is 0 Å². The van der Waals surface area contributed by atoms with Crippen molar-refractivity contribution in [2.45, 2.75) is 51.2 Å². The fourth-order valence-corrected chi connectivity index (χ4v) is 1.26. The Balaban J connectivity index is 2.26. The van der Waals surface area contributed by atoms with E-state index in [0.29, 0.717) is 12.1 Å². The lowest BCUT2D eigenvalue weighted by atomic mass is 9.85. The second-order valence-electron chi connectivity index (χ2n) is 4.24. The molecule has 0 spiro atoms. The summed E-state index contributed by atoms with van der Waals surface area (Å²) < 4.78 is 0. The van der Waals surface area contributed by atoms with Gasteiger partial charge in [0.2, 0.25) is 0 Å². The molecule has 2 heteroatoms. The molecule has 2 atom stereocenters. The minimum absolute atomic E-state index is 0.225. The second kappa shape index (κ2) is 2.51. The van der Waals surface area contributed by atoms with Crippen LogP contribution in [0.5, 0.6) is 0 Å². The Kier molecular flexibility index (Phi) is 2.02. The molecule has 1 saturated carbocycles. The van der Waals surface area contributed by atoms with E-state index in [9.17, 15) is 0 Å². The van der Waals surface area contributed by atoms with Crippen molar-refractivity contribution in [2.24, 2.45) is 5.73 Å². The maximum Gasteiger partial charge on any atom is 0.0224 e. The molecular weight excluding hydrogens is 124 g/mol. The summed E-state index contributed by atoms with van der Waals surface area (Å²) in [4.78, 5) is 0. The van der Waals surface area contributed by atoms with Gasteiger partial charge in [-0.3, -0.25) is 0 Å². The van der Waals surface area contributed by atoms with Crippen molar-refractivity contribution in [1.82, 2.24) is 5.32 Å². The van der Waals surface area contributed by atoms with Crippen molar-refractivity contribution in [1.29, 1.82) is 0 Å². The highest BCUT2D eigenvalue weighted by Crippen LogP contribution is 2.19. The van der Waals surface area contributed by atoms with Gasteiger partial charge in [-0.25, -0.2) is 0 Å². The lowest BCUT2D eigenvalue weighted by Crippen LogP contribution is -2.58. The topological polar surface area (TPSA) is 38.0 Å². The molecule has 1 rings (SSSR count). The summed E-state index contributed by atoms with van der Waals surface area (Å²) >= 11 is 0. The van der Waals surface area contributed by atoms with Crippen molar-refractivity contribution in [2.75, 3.05) is 0 Å². The number of hydrogen-bond donors (Lipinski definition) is 2. The van der Waals surface area contributed by atoms with Crippen LogP contribution in [0.2, 0.25) is 0 Å². The van der Waals surface area contributed by atoms with Gasteiger partial charge in [-0.2, -0.15) is 0 Å². The minimum atomic E-state index is 0.225. The normalized spacial score (nSPS) is 33.6. The van der Waals surface area contributed by atoms with Gasteiger partial charge < -0.3 is 11.1 Å². The zero-order valence-electron chi connectivity index (χ0n) is 7.15. The Morgan fingerprint density at radius 3 is 2.00 bits per heavy atom. The largest absolute Gasteiger partial charge is 0.326 e. The molecule has 0 heterocycles. The van der Waals surface area contributed by atoms with Crippen LogP contribution in [0.3, 0.4) is 0 Å². The minimum Gasteiger partial charge on any atom is -0.326 e. The molecule has 3 N–H and O–H groups in total. The highest BCUT2D eigenvalue weighted by atomic mass is 15.0. The van der Waals surface area contributed by atoms with Crippen molar-refractivity contribution >= 4 is 0 Å². The SMILES string of the molecule is CC(C)(C)NC1CC[C@@H]1N. The number of nitrogens with two attached hydrogens (primary N) is 1. The van der Waals surface area contributed by atoms with Gasteiger partial charge in [0, 0.05) is 17.6 Å². The number of rotatable bonds is 1. The van der Waals surface area contributed by atoms with E-state index in [1.54, 1.807) is 0 Å². The van der Waals surface area contributed by atoms with Crippen LogP contribution in [0.4, 0.5) is 0 Å². The van der Waals surface area contributed by atoms with E-state index in [-0.39, 0.29) is 5.54 Å². The van der Waals surface area contributed by atoms with Gasteiger partial charge in [-0.05, 0) is 33.6 Å². The first-order valence-electron chi connectivity index (χ1n) is 4.02. The molecule has 0 aliphatic heterocycles. The third-order valence-corrected chi connectivity index (χ3v) is 1.95. The van der Waals surface area contributed by atoms with E-state index < -0.39 is 0 Å². The van der Waals surface area contributed by atoms with E-state index in [1.165, 1.54) is 12.8 Å². The zero-order chi connectivity index (χ0) is 7.78. The van der Waals surface area contributed by atoms with E-state index in [2.05, 4.69) is 26.1 Å². The Labute approximate surface area is 63.2 Å². The average molecular weight is 142 g/mol. The average Bonchev–Trinajstić information content (AvgIpc) is 1.78. The van der Waals surface area contributed by atoms with Gasteiger partial charge in [0.25, 0.3) is 0 Å². The molecule has 10 heavy (non-hydrogen) atoms. The molecule has 60 valence electrons. The van der Waals surface area contributed by atoms with E-state index in [4.69, 9.17) is 5.73 Å². The van der Waals surface area contributed by atoms with Crippen LogP contribution in [0.15, 0.2) is 0 Å². The van der Waals surface area contributed by atoms with Crippen LogP contribution in [-0.4, -0.2) is 17.6 Å². The maximum atomic E-state index is 5.77. The van der Waals surface area contributed by atoms with Crippen molar-refractivity contribution in [3.05, 3.63) is 0 Å².